The van der Waals surface area contributed by atoms with Crippen LogP contribution in [0, 0.1) is 6.07 Å². The van der Waals surface area contributed by atoms with E-state index in [0.717, 1.165) is 13.0 Å². The van der Waals surface area contributed by atoms with E-state index < -0.39 is 0 Å². The standard InChI is InChI=1S/C12H16NO/c14-12-5-3-4-11(10-12)6-9-13-7-1-2-8-13/h4-5,10,14H,1-2,6-9H2. The van der Waals surface area contributed by atoms with E-state index in [1.807, 2.05) is 12.1 Å². The zero-order chi connectivity index (χ0) is 9.80. The van der Waals surface area contributed by atoms with Crippen molar-refractivity contribution in [2.45, 2.75) is 19.3 Å². The molecule has 2 heteroatoms. The molecular weight excluding hydrogens is 174 g/mol. The molecule has 0 bridgehead atoms. The molecule has 1 aliphatic rings. The molecule has 1 aromatic rings. The quantitative estimate of drug-likeness (QED) is 0.786. The van der Waals surface area contributed by atoms with Crippen molar-refractivity contribution >= 4 is 0 Å². The minimum absolute atomic E-state index is 0.323. The van der Waals surface area contributed by atoms with Crippen LogP contribution in [-0.2, 0) is 6.42 Å². The average molecular weight is 190 g/mol. The van der Waals surface area contributed by atoms with Crippen molar-refractivity contribution in [1.29, 1.82) is 0 Å². The molecule has 1 heterocycles. The van der Waals surface area contributed by atoms with Gasteiger partial charge in [-0.2, -0.15) is 0 Å². The van der Waals surface area contributed by atoms with Crippen LogP contribution in [0.4, 0.5) is 0 Å². The van der Waals surface area contributed by atoms with E-state index >= 15 is 0 Å². The topological polar surface area (TPSA) is 23.5 Å². The number of nitrogens with zero attached hydrogens (tertiary/aromatic N) is 1. The van der Waals surface area contributed by atoms with Gasteiger partial charge in [0.25, 0.3) is 0 Å². The van der Waals surface area contributed by atoms with Crippen molar-refractivity contribution < 1.29 is 5.11 Å². The highest BCUT2D eigenvalue weighted by Crippen LogP contribution is 2.13. The van der Waals surface area contributed by atoms with Gasteiger partial charge in [0.05, 0.1) is 0 Å². The second kappa shape index (κ2) is 4.47. The lowest BCUT2D eigenvalue weighted by Crippen LogP contribution is -2.21. The van der Waals surface area contributed by atoms with Gasteiger partial charge in [0.15, 0.2) is 0 Å². The Morgan fingerprint density at radius 3 is 2.79 bits per heavy atom. The number of hydrogen-bond acceptors (Lipinski definition) is 2. The Morgan fingerprint density at radius 2 is 2.07 bits per heavy atom. The van der Waals surface area contributed by atoms with Gasteiger partial charge in [0.1, 0.15) is 5.75 Å². The van der Waals surface area contributed by atoms with Crippen molar-refractivity contribution in [3.05, 3.63) is 29.8 Å². The number of aromatic hydroxyl groups is 1. The van der Waals surface area contributed by atoms with Gasteiger partial charge in [-0.25, -0.2) is 0 Å². The second-order valence-corrected chi connectivity index (χ2v) is 3.90. The molecule has 0 atom stereocenters. The smallest absolute Gasteiger partial charge is 0.116 e. The first kappa shape index (κ1) is 9.53. The fourth-order valence-corrected chi connectivity index (χ4v) is 1.95. The van der Waals surface area contributed by atoms with Gasteiger partial charge in [-0.15, -0.1) is 0 Å². The molecule has 1 aromatic carbocycles. The van der Waals surface area contributed by atoms with Crippen molar-refractivity contribution in [2.24, 2.45) is 0 Å². The third-order valence-corrected chi connectivity index (χ3v) is 2.75. The lowest BCUT2D eigenvalue weighted by atomic mass is 10.1. The Hall–Kier alpha value is -1.02. The third-order valence-electron chi connectivity index (χ3n) is 2.75. The second-order valence-electron chi connectivity index (χ2n) is 3.90. The molecule has 14 heavy (non-hydrogen) atoms. The van der Waals surface area contributed by atoms with Gasteiger partial charge >= 0.3 is 0 Å². The summed E-state index contributed by atoms with van der Waals surface area (Å²) in [6, 6.07) is 8.31. The van der Waals surface area contributed by atoms with Gasteiger partial charge in [-0.3, -0.25) is 0 Å². The van der Waals surface area contributed by atoms with E-state index in [1.165, 1.54) is 31.5 Å². The molecule has 0 amide bonds. The van der Waals surface area contributed by atoms with E-state index in [1.54, 1.807) is 6.07 Å². The summed E-state index contributed by atoms with van der Waals surface area (Å²) < 4.78 is 0. The molecule has 0 aromatic heterocycles. The van der Waals surface area contributed by atoms with Gasteiger partial charge in [-0.05, 0) is 56.1 Å². The number of rotatable bonds is 3. The summed E-state index contributed by atoms with van der Waals surface area (Å²) in [5, 5.41) is 9.26. The molecule has 0 saturated carbocycles. The van der Waals surface area contributed by atoms with Crippen LogP contribution in [0.5, 0.6) is 5.75 Å². The van der Waals surface area contributed by atoms with E-state index in [2.05, 4.69) is 11.0 Å². The molecule has 1 fully saturated rings. The fourth-order valence-electron chi connectivity index (χ4n) is 1.95. The fraction of sp³-hybridized carbons (Fsp3) is 0.500. The summed E-state index contributed by atoms with van der Waals surface area (Å²) in [4.78, 5) is 2.48. The maximum absolute atomic E-state index is 9.26. The van der Waals surface area contributed by atoms with Gasteiger partial charge in [0.2, 0.25) is 0 Å². The van der Waals surface area contributed by atoms with Crippen molar-refractivity contribution in [1.82, 2.24) is 4.90 Å². The summed E-state index contributed by atoms with van der Waals surface area (Å²) in [6.45, 7) is 3.59. The number of likely N-dealkylation sites (tertiary alicyclic amines) is 1. The first-order chi connectivity index (χ1) is 6.84. The monoisotopic (exact) mass is 190 g/mol. The van der Waals surface area contributed by atoms with Crippen LogP contribution in [0.15, 0.2) is 18.2 Å². The van der Waals surface area contributed by atoms with Crippen LogP contribution in [0.25, 0.3) is 0 Å². The summed E-state index contributed by atoms with van der Waals surface area (Å²) >= 11 is 0. The van der Waals surface area contributed by atoms with E-state index in [0.29, 0.717) is 5.75 Å². The zero-order valence-corrected chi connectivity index (χ0v) is 8.37. The maximum Gasteiger partial charge on any atom is 0.116 e. The molecule has 2 rings (SSSR count). The van der Waals surface area contributed by atoms with E-state index in [-0.39, 0.29) is 0 Å². The molecular formula is C12H16NO. The van der Waals surface area contributed by atoms with Crippen molar-refractivity contribution in [2.75, 3.05) is 19.6 Å². The predicted molar refractivity (Wildman–Crippen MR) is 56.3 cm³/mol. The summed E-state index contributed by atoms with van der Waals surface area (Å²) in [5.74, 6) is 0.323. The van der Waals surface area contributed by atoms with Crippen LogP contribution in [0.2, 0.25) is 0 Å². The Bertz CT molecular complexity index is 292. The van der Waals surface area contributed by atoms with Crippen LogP contribution in [-0.4, -0.2) is 29.6 Å². The maximum atomic E-state index is 9.26. The molecule has 1 N–H and O–H groups in total. The minimum atomic E-state index is 0.323. The molecule has 0 spiro atoms. The summed E-state index contributed by atoms with van der Waals surface area (Å²) in [7, 11) is 0. The number of phenolic OH excluding ortho intramolecular Hbond substituents is 1. The van der Waals surface area contributed by atoms with E-state index in [4.69, 9.17) is 0 Å². The Kier molecular flexibility index (Phi) is 3.04. The molecule has 1 saturated heterocycles. The number of benzene rings is 1. The normalized spacial score (nSPS) is 17.4. The average Bonchev–Trinajstić information content (AvgIpc) is 2.67. The Labute approximate surface area is 85.2 Å². The first-order valence-electron chi connectivity index (χ1n) is 5.26. The highest BCUT2D eigenvalue weighted by Gasteiger charge is 2.10. The lowest BCUT2D eigenvalue weighted by molar-refractivity contribution is 0.343. The molecule has 1 radical (unpaired) electrons. The van der Waals surface area contributed by atoms with Gasteiger partial charge in [0, 0.05) is 6.54 Å². The zero-order valence-electron chi connectivity index (χ0n) is 8.37. The molecule has 0 unspecified atom stereocenters. The first-order valence-corrected chi connectivity index (χ1v) is 5.26. The van der Waals surface area contributed by atoms with Gasteiger partial charge in [-0.1, -0.05) is 6.07 Å². The SMILES string of the molecule is Oc1c[c]cc(CCN2CCCC2)c1. The minimum Gasteiger partial charge on any atom is -0.508 e. The molecule has 2 nitrogen and oxygen atoms in total. The van der Waals surface area contributed by atoms with Crippen molar-refractivity contribution in [3.63, 3.8) is 0 Å². The highest BCUT2D eigenvalue weighted by atomic mass is 16.3. The van der Waals surface area contributed by atoms with Crippen LogP contribution < -0.4 is 0 Å². The van der Waals surface area contributed by atoms with Crippen LogP contribution in [0.1, 0.15) is 18.4 Å². The van der Waals surface area contributed by atoms with Crippen LogP contribution in [0.3, 0.4) is 0 Å². The van der Waals surface area contributed by atoms with Gasteiger partial charge < -0.3 is 10.0 Å². The number of hydrogen-bond donors (Lipinski definition) is 1. The molecule has 75 valence electrons. The summed E-state index contributed by atoms with van der Waals surface area (Å²) in [6.07, 6.45) is 3.70. The number of phenols is 1. The molecule has 1 aliphatic heterocycles. The third kappa shape index (κ3) is 2.48. The largest absolute Gasteiger partial charge is 0.508 e. The summed E-state index contributed by atoms with van der Waals surface area (Å²) in [5.41, 5.74) is 1.18. The van der Waals surface area contributed by atoms with Crippen molar-refractivity contribution in [3.8, 4) is 5.75 Å². The Morgan fingerprint density at radius 1 is 1.29 bits per heavy atom. The van der Waals surface area contributed by atoms with E-state index in [9.17, 15) is 5.11 Å². The predicted octanol–water partition coefficient (Wildman–Crippen LogP) is 1.83. The van der Waals surface area contributed by atoms with Crippen LogP contribution >= 0.6 is 0 Å². The molecule has 0 aliphatic carbocycles. The highest BCUT2D eigenvalue weighted by molar-refractivity contribution is 5.26. The lowest BCUT2D eigenvalue weighted by Gasteiger charge is -2.13. The Balaban J connectivity index is 1.85.